The van der Waals surface area contributed by atoms with Crippen molar-refractivity contribution >= 4 is 61.1 Å². The summed E-state index contributed by atoms with van der Waals surface area (Å²) in [6.07, 6.45) is 0.648. The van der Waals surface area contributed by atoms with Gasteiger partial charge in [-0.2, -0.15) is 0 Å². The molecule has 2 aromatic heterocycles. The number of hydrogen-bond donors (Lipinski definition) is 2. The van der Waals surface area contributed by atoms with Crippen molar-refractivity contribution in [3.8, 4) is 10.6 Å². The van der Waals surface area contributed by atoms with Crippen molar-refractivity contribution in [2.45, 2.75) is 6.54 Å². The molecule has 0 radical (unpaired) electrons. The Bertz CT molecular complexity index is 1360. The minimum absolute atomic E-state index is 0.231. The summed E-state index contributed by atoms with van der Waals surface area (Å²) in [7, 11) is 0. The van der Waals surface area contributed by atoms with Crippen LogP contribution < -0.4 is 10.6 Å². The van der Waals surface area contributed by atoms with Gasteiger partial charge in [-0.3, -0.25) is 9.59 Å². The van der Waals surface area contributed by atoms with Crippen LogP contribution in [0.3, 0.4) is 0 Å². The molecule has 5 rings (SSSR count). The molecule has 0 aliphatic carbocycles. The quantitative estimate of drug-likeness (QED) is 0.358. The van der Waals surface area contributed by atoms with Crippen LogP contribution >= 0.6 is 22.7 Å². The predicted molar refractivity (Wildman–Crippen MR) is 126 cm³/mol. The highest BCUT2D eigenvalue weighted by Crippen LogP contribution is 2.37. The smallest absolute Gasteiger partial charge is 0.280 e. The first-order valence-corrected chi connectivity index (χ1v) is 11.2. The van der Waals surface area contributed by atoms with Crippen molar-refractivity contribution in [3.05, 3.63) is 77.3 Å². The Morgan fingerprint density at radius 3 is 2.29 bits per heavy atom. The van der Waals surface area contributed by atoms with Crippen LogP contribution in [0, 0.1) is 0 Å². The fourth-order valence-corrected chi connectivity index (χ4v) is 5.33. The number of hydrogen-bond acceptors (Lipinski definition) is 6. The summed E-state index contributed by atoms with van der Waals surface area (Å²) in [4.78, 5) is 33.1. The lowest BCUT2D eigenvalue weighted by molar-refractivity contribution is -0.105. The molecular formula is C23H16N4O2S2. The number of benzene rings is 3. The maximum atomic E-state index is 12.7. The Hall–Kier alpha value is -3.62. The highest BCUT2D eigenvalue weighted by atomic mass is 32.1. The number of nitrogens with one attached hydrogen (secondary N) is 2. The summed E-state index contributed by atoms with van der Waals surface area (Å²) in [5, 5.41) is 6.93. The SMILES string of the molecule is O=CNc1cccc(CNC(=O)c2nc3ccccc3s2)c1-c1nc2ccccc2s1. The largest absolute Gasteiger partial charge is 0.346 e. The molecule has 0 unspecified atom stereocenters. The van der Waals surface area contributed by atoms with Gasteiger partial charge >= 0.3 is 0 Å². The molecule has 152 valence electrons. The zero-order valence-electron chi connectivity index (χ0n) is 16.2. The van der Waals surface area contributed by atoms with Gasteiger partial charge in [-0.15, -0.1) is 22.7 Å². The Labute approximate surface area is 185 Å². The molecule has 5 aromatic rings. The molecule has 0 saturated heterocycles. The molecule has 0 fully saturated rings. The van der Waals surface area contributed by atoms with Gasteiger partial charge in [-0.1, -0.05) is 36.4 Å². The lowest BCUT2D eigenvalue weighted by Crippen LogP contribution is -2.23. The maximum Gasteiger partial charge on any atom is 0.280 e. The third-order valence-electron chi connectivity index (χ3n) is 4.80. The van der Waals surface area contributed by atoms with Crippen LogP contribution in [0.4, 0.5) is 5.69 Å². The monoisotopic (exact) mass is 444 g/mol. The van der Waals surface area contributed by atoms with Crippen LogP contribution in [0.5, 0.6) is 0 Å². The average Bonchev–Trinajstić information content (AvgIpc) is 3.42. The van der Waals surface area contributed by atoms with Crippen molar-refractivity contribution in [2.75, 3.05) is 5.32 Å². The van der Waals surface area contributed by atoms with Gasteiger partial charge in [0.15, 0.2) is 5.01 Å². The van der Waals surface area contributed by atoms with E-state index in [0.717, 1.165) is 36.6 Å². The summed E-state index contributed by atoms with van der Waals surface area (Å²) in [6.45, 7) is 0.286. The second-order valence-electron chi connectivity index (χ2n) is 6.76. The standard InChI is InChI=1S/C23H16N4O2S2/c28-13-25-17-9-5-6-14(20(17)22-26-15-7-1-3-10-18(15)30-22)12-24-21(29)23-27-16-8-2-4-11-19(16)31-23/h1-11,13H,12H2,(H,24,29)(H,25,28). The molecule has 2 amide bonds. The summed E-state index contributed by atoms with van der Waals surface area (Å²) in [6, 6.07) is 21.2. The first-order valence-electron chi connectivity index (χ1n) is 9.55. The van der Waals surface area contributed by atoms with Crippen molar-refractivity contribution in [3.63, 3.8) is 0 Å². The Morgan fingerprint density at radius 1 is 0.871 bits per heavy atom. The number of carbonyl (C=O) groups excluding carboxylic acids is 2. The molecule has 8 heteroatoms. The topological polar surface area (TPSA) is 84.0 Å². The van der Waals surface area contributed by atoms with Crippen LogP contribution in [-0.2, 0) is 11.3 Å². The van der Waals surface area contributed by atoms with Crippen LogP contribution in [-0.4, -0.2) is 22.3 Å². The highest BCUT2D eigenvalue weighted by molar-refractivity contribution is 7.21. The summed E-state index contributed by atoms with van der Waals surface area (Å²) >= 11 is 2.91. The molecule has 6 nitrogen and oxygen atoms in total. The van der Waals surface area contributed by atoms with Gasteiger partial charge in [0.05, 0.1) is 26.1 Å². The molecule has 0 saturated carbocycles. The predicted octanol–water partition coefficient (Wildman–Crippen LogP) is 5.07. The van der Waals surface area contributed by atoms with Crippen LogP contribution in [0.2, 0.25) is 0 Å². The number of nitrogens with zero attached hydrogens (tertiary/aromatic N) is 2. The Kier molecular flexibility index (Phi) is 5.15. The van der Waals surface area contributed by atoms with Crippen LogP contribution in [0.25, 0.3) is 31.0 Å². The van der Waals surface area contributed by atoms with E-state index in [4.69, 9.17) is 4.98 Å². The number of aromatic nitrogens is 2. The third kappa shape index (κ3) is 3.78. The Morgan fingerprint density at radius 2 is 1.58 bits per heavy atom. The molecule has 3 aromatic carbocycles. The van der Waals surface area contributed by atoms with Gasteiger partial charge in [0.25, 0.3) is 5.91 Å². The van der Waals surface area contributed by atoms with Gasteiger partial charge in [-0.05, 0) is 35.9 Å². The van der Waals surface area contributed by atoms with E-state index in [1.165, 1.54) is 11.3 Å². The normalized spacial score (nSPS) is 11.0. The van der Waals surface area contributed by atoms with Crippen molar-refractivity contribution in [2.24, 2.45) is 0 Å². The molecule has 31 heavy (non-hydrogen) atoms. The lowest BCUT2D eigenvalue weighted by atomic mass is 10.1. The molecular weight excluding hydrogens is 428 g/mol. The van der Waals surface area contributed by atoms with E-state index in [1.54, 1.807) is 11.3 Å². The zero-order valence-corrected chi connectivity index (χ0v) is 17.8. The highest BCUT2D eigenvalue weighted by Gasteiger charge is 2.17. The van der Waals surface area contributed by atoms with E-state index in [9.17, 15) is 9.59 Å². The molecule has 0 spiro atoms. The van der Waals surface area contributed by atoms with E-state index in [0.29, 0.717) is 17.1 Å². The number of anilines is 1. The first-order chi connectivity index (χ1) is 15.2. The number of carbonyl (C=O) groups is 2. The minimum atomic E-state index is -0.231. The van der Waals surface area contributed by atoms with E-state index >= 15 is 0 Å². The number of amides is 2. The number of para-hydroxylation sites is 2. The van der Waals surface area contributed by atoms with E-state index in [1.807, 2.05) is 66.7 Å². The fraction of sp³-hybridized carbons (Fsp3) is 0.0435. The molecule has 2 heterocycles. The summed E-state index contributed by atoms with van der Waals surface area (Å²) in [5.74, 6) is -0.231. The molecule has 0 bridgehead atoms. The van der Waals surface area contributed by atoms with E-state index in [2.05, 4.69) is 15.6 Å². The van der Waals surface area contributed by atoms with Gasteiger partial charge in [0, 0.05) is 12.1 Å². The van der Waals surface area contributed by atoms with Crippen molar-refractivity contribution in [1.29, 1.82) is 0 Å². The van der Waals surface area contributed by atoms with Crippen LogP contribution in [0.1, 0.15) is 15.4 Å². The third-order valence-corrected chi connectivity index (χ3v) is 6.89. The van der Waals surface area contributed by atoms with Gasteiger partial charge in [0.2, 0.25) is 6.41 Å². The molecule has 0 aliphatic heterocycles. The van der Waals surface area contributed by atoms with Gasteiger partial charge in [-0.25, -0.2) is 9.97 Å². The second-order valence-corrected chi connectivity index (χ2v) is 8.82. The number of rotatable bonds is 6. The van der Waals surface area contributed by atoms with Gasteiger partial charge in [0.1, 0.15) is 5.01 Å². The van der Waals surface area contributed by atoms with E-state index in [-0.39, 0.29) is 12.5 Å². The summed E-state index contributed by atoms with van der Waals surface area (Å²) in [5.41, 5.74) is 4.03. The second kappa shape index (κ2) is 8.25. The average molecular weight is 445 g/mol. The summed E-state index contributed by atoms with van der Waals surface area (Å²) < 4.78 is 2.03. The molecule has 0 aliphatic rings. The van der Waals surface area contributed by atoms with E-state index < -0.39 is 0 Å². The lowest BCUT2D eigenvalue weighted by Gasteiger charge is -2.12. The van der Waals surface area contributed by atoms with Crippen molar-refractivity contribution in [1.82, 2.24) is 15.3 Å². The fourth-order valence-electron chi connectivity index (χ4n) is 3.38. The van der Waals surface area contributed by atoms with Crippen molar-refractivity contribution < 1.29 is 9.59 Å². The zero-order chi connectivity index (χ0) is 21.2. The van der Waals surface area contributed by atoms with Gasteiger partial charge < -0.3 is 10.6 Å². The Balaban J connectivity index is 1.47. The minimum Gasteiger partial charge on any atom is -0.346 e. The number of thiazole rings is 2. The van der Waals surface area contributed by atoms with Crippen LogP contribution in [0.15, 0.2) is 66.7 Å². The molecule has 2 N–H and O–H groups in total. The molecule has 0 atom stereocenters. The first kappa shape index (κ1) is 19.3. The number of fused-ring (bicyclic) bond motifs is 2. The maximum absolute atomic E-state index is 12.7.